The average molecular weight is 400 g/mol. The van der Waals surface area contributed by atoms with Crippen LogP contribution in [0.25, 0.3) is 0 Å². The van der Waals surface area contributed by atoms with Gasteiger partial charge >= 0.3 is 0 Å². The molecule has 4 amide bonds. The van der Waals surface area contributed by atoms with E-state index in [1.54, 1.807) is 11.9 Å². The van der Waals surface area contributed by atoms with E-state index in [0.29, 0.717) is 26.1 Å². The Balaban J connectivity index is 1.45. The van der Waals surface area contributed by atoms with Crippen LogP contribution in [0.15, 0.2) is 30.3 Å². The smallest absolute Gasteiger partial charge is 0.242 e. The van der Waals surface area contributed by atoms with Crippen LogP contribution in [-0.2, 0) is 25.6 Å². The molecule has 2 atom stereocenters. The van der Waals surface area contributed by atoms with Crippen LogP contribution < -0.4 is 10.6 Å². The summed E-state index contributed by atoms with van der Waals surface area (Å²) in [4.78, 5) is 52.2. The predicted octanol–water partition coefficient (Wildman–Crippen LogP) is -0.0692. The summed E-state index contributed by atoms with van der Waals surface area (Å²) in [6.45, 7) is 1.31. The van der Waals surface area contributed by atoms with Gasteiger partial charge in [0.1, 0.15) is 6.04 Å². The molecule has 1 aromatic rings. The van der Waals surface area contributed by atoms with Crippen molar-refractivity contribution in [3.8, 4) is 0 Å². The number of benzene rings is 1. The van der Waals surface area contributed by atoms with Gasteiger partial charge < -0.3 is 20.4 Å². The van der Waals surface area contributed by atoms with Crippen molar-refractivity contribution in [3.05, 3.63) is 35.9 Å². The molecule has 8 heteroatoms. The third-order valence-electron chi connectivity index (χ3n) is 5.63. The first-order chi connectivity index (χ1) is 14.0. The fourth-order valence-corrected chi connectivity index (χ4v) is 3.99. The molecule has 1 aromatic carbocycles. The highest BCUT2D eigenvalue weighted by Crippen LogP contribution is 2.19. The van der Waals surface area contributed by atoms with Gasteiger partial charge in [-0.1, -0.05) is 30.3 Å². The number of likely N-dealkylation sites (N-methyl/N-ethyl adjacent to an activating group) is 1. The molecule has 2 N–H and O–H groups in total. The number of nitrogens with zero attached hydrogens (tertiary/aromatic N) is 2. The fraction of sp³-hybridized carbons (Fsp3) is 0.524. The molecule has 2 aliphatic rings. The van der Waals surface area contributed by atoms with Crippen LogP contribution >= 0.6 is 0 Å². The third kappa shape index (κ3) is 5.13. The van der Waals surface area contributed by atoms with Crippen molar-refractivity contribution >= 4 is 23.6 Å². The van der Waals surface area contributed by atoms with Crippen LogP contribution in [0.2, 0.25) is 0 Å². The van der Waals surface area contributed by atoms with E-state index in [0.717, 1.165) is 18.4 Å². The Morgan fingerprint density at radius 3 is 2.62 bits per heavy atom. The van der Waals surface area contributed by atoms with E-state index in [4.69, 9.17) is 0 Å². The maximum atomic E-state index is 12.5. The topological polar surface area (TPSA) is 98.8 Å². The van der Waals surface area contributed by atoms with Crippen LogP contribution in [0.5, 0.6) is 0 Å². The van der Waals surface area contributed by atoms with Gasteiger partial charge in [-0.2, -0.15) is 0 Å². The zero-order chi connectivity index (χ0) is 20.8. The molecule has 0 aliphatic carbocycles. The zero-order valence-electron chi connectivity index (χ0n) is 16.7. The first kappa shape index (κ1) is 20.8. The number of amides is 4. The van der Waals surface area contributed by atoms with Gasteiger partial charge in [-0.05, 0) is 24.8 Å². The third-order valence-corrected chi connectivity index (χ3v) is 5.63. The van der Waals surface area contributed by atoms with Gasteiger partial charge in [0.25, 0.3) is 0 Å². The van der Waals surface area contributed by atoms with E-state index in [2.05, 4.69) is 10.6 Å². The molecule has 2 heterocycles. The molecule has 0 radical (unpaired) electrons. The van der Waals surface area contributed by atoms with Gasteiger partial charge in [0.2, 0.25) is 23.6 Å². The molecule has 2 fully saturated rings. The number of likely N-dealkylation sites (tertiary alicyclic amines) is 2. The number of rotatable bonds is 7. The number of nitrogens with one attached hydrogen (secondary N) is 2. The summed E-state index contributed by atoms with van der Waals surface area (Å²) in [5, 5.41) is 5.22. The molecule has 2 saturated heterocycles. The van der Waals surface area contributed by atoms with Crippen LogP contribution in [0.1, 0.15) is 24.8 Å². The van der Waals surface area contributed by atoms with Crippen LogP contribution in [0.3, 0.4) is 0 Å². The predicted molar refractivity (Wildman–Crippen MR) is 107 cm³/mol. The average Bonchev–Trinajstić information content (AvgIpc) is 3.37. The molecule has 0 aromatic heterocycles. The first-order valence-electron chi connectivity index (χ1n) is 10.1. The highest BCUT2D eigenvalue weighted by atomic mass is 16.2. The Bertz CT molecular complexity index is 767. The summed E-state index contributed by atoms with van der Waals surface area (Å²) < 4.78 is 0. The molecule has 2 unspecified atom stereocenters. The van der Waals surface area contributed by atoms with E-state index in [1.807, 2.05) is 30.3 Å². The maximum absolute atomic E-state index is 12.5. The number of hydrogen-bond donors (Lipinski definition) is 2. The quantitative estimate of drug-likeness (QED) is 0.669. The molecule has 2 aliphatic heterocycles. The Hall–Kier alpha value is -2.90. The lowest BCUT2D eigenvalue weighted by molar-refractivity contribution is -0.138. The van der Waals surface area contributed by atoms with Crippen molar-refractivity contribution < 1.29 is 19.2 Å². The molecule has 3 rings (SSSR count). The van der Waals surface area contributed by atoms with Gasteiger partial charge in [-0.3, -0.25) is 19.2 Å². The minimum absolute atomic E-state index is 0.0355. The maximum Gasteiger partial charge on any atom is 0.242 e. The summed E-state index contributed by atoms with van der Waals surface area (Å²) >= 11 is 0. The molecular weight excluding hydrogens is 372 g/mol. The van der Waals surface area contributed by atoms with E-state index >= 15 is 0 Å². The summed E-state index contributed by atoms with van der Waals surface area (Å²) in [5.41, 5.74) is 1.15. The van der Waals surface area contributed by atoms with E-state index in [-0.39, 0.29) is 36.6 Å². The normalized spacial score (nSPS) is 21.3. The van der Waals surface area contributed by atoms with Crippen LogP contribution in [0.4, 0.5) is 0 Å². The number of hydrogen-bond acceptors (Lipinski definition) is 4. The van der Waals surface area contributed by atoms with Gasteiger partial charge in [-0.25, -0.2) is 0 Å². The Morgan fingerprint density at radius 1 is 1.14 bits per heavy atom. The van der Waals surface area contributed by atoms with Crippen LogP contribution in [-0.4, -0.2) is 72.7 Å². The second-order valence-electron chi connectivity index (χ2n) is 7.55. The summed E-state index contributed by atoms with van der Waals surface area (Å²) in [6, 6.07) is 9.44. The molecule has 0 bridgehead atoms. The SMILES string of the molecule is CNC(=O)C1CCCN1C(=O)CNC(=O)C1CC(=O)N(CCc2ccccc2)C1. The Labute approximate surface area is 170 Å². The molecule has 0 spiro atoms. The number of carbonyl (C=O) groups is 4. The van der Waals surface area contributed by atoms with Crippen molar-refractivity contribution in [2.45, 2.75) is 31.7 Å². The molecular formula is C21H28N4O4. The van der Waals surface area contributed by atoms with Crippen LogP contribution in [0, 0.1) is 5.92 Å². The van der Waals surface area contributed by atoms with E-state index in [9.17, 15) is 19.2 Å². The van der Waals surface area contributed by atoms with Crippen molar-refractivity contribution in [1.29, 1.82) is 0 Å². The zero-order valence-corrected chi connectivity index (χ0v) is 16.7. The van der Waals surface area contributed by atoms with E-state index < -0.39 is 12.0 Å². The first-order valence-corrected chi connectivity index (χ1v) is 10.1. The highest BCUT2D eigenvalue weighted by molar-refractivity contribution is 5.93. The van der Waals surface area contributed by atoms with Gasteiger partial charge in [-0.15, -0.1) is 0 Å². The van der Waals surface area contributed by atoms with Crippen molar-refractivity contribution in [3.63, 3.8) is 0 Å². The lowest BCUT2D eigenvalue weighted by Gasteiger charge is -2.23. The minimum atomic E-state index is -0.467. The Kier molecular flexibility index (Phi) is 6.85. The summed E-state index contributed by atoms with van der Waals surface area (Å²) in [5.74, 6) is -1.22. The molecule has 0 saturated carbocycles. The largest absolute Gasteiger partial charge is 0.357 e. The number of carbonyl (C=O) groups excluding carboxylic acids is 4. The fourth-order valence-electron chi connectivity index (χ4n) is 3.99. The van der Waals surface area contributed by atoms with Gasteiger partial charge in [0.05, 0.1) is 12.5 Å². The summed E-state index contributed by atoms with van der Waals surface area (Å²) in [6.07, 6.45) is 2.31. The Morgan fingerprint density at radius 2 is 1.90 bits per heavy atom. The van der Waals surface area contributed by atoms with Gasteiger partial charge in [0.15, 0.2) is 0 Å². The van der Waals surface area contributed by atoms with Crippen molar-refractivity contribution in [1.82, 2.24) is 20.4 Å². The van der Waals surface area contributed by atoms with E-state index in [1.165, 1.54) is 4.90 Å². The lowest BCUT2D eigenvalue weighted by Crippen LogP contribution is -2.49. The highest BCUT2D eigenvalue weighted by Gasteiger charge is 2.36. The van der Waals surface area contributed by atoms with Crippen molar-refractivity contribution in [2.75, 3.05) is 33.2 Å². The second kappa shape index (κ2) is 9.54. The molecule has 8 nitrogen and oxygen atoms in total. The second-order valence-corrected chi connectivity index (χ2v) is 7.55. The monoisotopic (exact) mass is 400 g/mol. The lowest BCUT2D eigenvalue weighted by atomic mass is 10.1. The molecule has 156 valence electrons. The van der Waals surface area contributed by atoms with Crippen molar-refractivity contribution in [2.24, 2.45) is 5.92 Å². The molecule has 29 heavy (non-hydrogen) atoms. The summed E-state index contributed by atoms with van der Waals surface area (Å²) in [7, 11) is 1.55. The standard InChI is InChI=1S/C21H28N4O4/c1-22-21(29)17-8-5-10-25(17)19(27)13-23-20(28)16-12-18(26)24(14-16)11-9-15-6-3-2-4-7-15/h2-4,6-7,16-17H,5,8-14H2,1H3,(H,22,29)(H,23,28). The van der Waals surface area contributed by atoms with Gasteiger partial charge in [0, 0.05) is 33.1 Å². The minimum Gasteiger partial charge on any atom is -0.357 e.